The minimum absolute atomic E-state index is 0.222. The zero-order valence-electron chi connectivity index (χ0n) is 9.63. The fourth-order valence-corrected chi connectivity index (χ4v) is 1.59. The third kappa shape index (κ3) is 2.33. The SMILES string of the molecule is CCCn1nc(-c2ccncc2)cc(N)c1=O. The summed E-state index contributed by atoms with van der Waals surface area (Å²) in [5.41, 5.74) is 7.28. The number of nitrogen functional groups attached to an aromatic ring is 1. The van der Waals surface area contributed by atoms with Crippen LogP contribution in [0.4, 0.5) is 5.69 Å². The predicted octanol–water partition coefficient (Wildman–Crippen LogP) is 1.30. The fourth-order valence-electron chi connectivity index (χ4n) is 1.59. The number of aromatic nitrogens is 3. The fraction of sp³-hybridized carbons (Fsp3) is 0.250. The lowest BCUT2D eigenvalue weighted by Crippen LogP contribution is -2.25. The van der Waals surface area contributed by atoms with Crippen molar-refractivity contribution in [1.29, 1.82) is 0 Å². The summed E-state index contributed by atoms with van der Waals surface area (Å²) in [4.78, 5) is 15.6. The maximum atomic E-state index is 11.7. The Balaban J connectivity index is 2.53. The molecule has 0 atom stereocenters. The molecule has 2 aromatic rings. The number of anilines is 1. The number of hydrogen-bond acceptors (Lipinski definition) is 4. The van der Waals surface area contributed by atoms with Gasteiger partial charge in [-0.3, -0.25) is 9.78 Å². The van der Waals surface area contributed by atoms with Crippen molar-refractivity contribution in [2.24, 2.45) is 0 Å². The van der Waals surface area contributed by atoms with Crippen molar-refractivity contribution >= 4 is 5.69 Å². The van der Waals surface area contributed by atoms with Crippen LogP contribution in [0.25, 0.3) is 11.3 Å². The molecule has 5 heteroatoms. The van der Waals surface area contributed by atoms with E-state index in [2.05, 4.69) is 10.1 Å². The summed E-state index contributed by atoms with van der Waals surface area (Å²) in [5, 5.41) is 4.29. The van der Waals surface area contributed by atoms with E-state index in [9.17, 15) is 4.79 Å². The van der Waals surface area contributed by atoms with E-state index < -0.39 is 0 Å². The van der Waals surface area contributed by atoms with E-state index in [1.54, 1.807) is 18.5 Å². The van der Waals surface area contributed by atoms with Crippen molar-refractivity contribution in [2.45, 2.75) is 19.9 Å². The maximum absolute atomic E-state index is 11.7. The van der Waals surface area contributed by atoms with Crippen LogP contribution in [-0.2, 0) is 6.54 Å². The van der Waals surface area contributed by atoms with Crippen LogP contribution in [0.15, 0.2) is 35.4 Å². The molecule has 17 heavy (non-hydrogen) atoms. The summed E-state index contributed by atoms with van der Waals surface area (Å²) in [6, 6.07) is 5.27. The van der Waals surface area contributed by atoms with E-state index in [0.29, 0.717) is 12.2 Å². The first kappa shape index (κ1) is 11.3. The van der Waals surface area contributed by atoms with Gasteiger partial charge in [-0.05, 0) is 24.6 Å². The Hall–Kier alpha value is -2.17. The molecule has 0 aliphatic rings. The van der Waals surface area contributed by atoms with Crippen LogP contribution in [0, 0.1) is 0 Å². The van der Waals surface area contributed by atoms with Gasteiger partial charge in [0.2, 0.25) is 0 Å². The number of pyridine rings is 1. The molecule has 0 aliphatic heterocycles. The zero-order valence-corrected chi connectivity index (χ0v) is 9.63. The Morgan fingerprint density at radius 2 is 2.06 bits per heavy atom. The highest BCUT2D eigenvalue weighted by molar-refractivity contribution is 5.61. The van der Waals surface area contributed by atoms with Crippen LogP contribution in [0.2, 0.25) is 0 Å². The van der Waals surface area contributed by atoms with Gasteiger partial charge in [0.05, 0.1) is 5.69 Å². The van der Waals surface area contributed by atoms with Gasteiger partial charge in [-0.25, -0.2) is 4.68 Å². The molecule has 0 amide bonds. The first-order valence-electron chi connectivity index (χ1n) is 5.50. The molecule has 2 heterocycles. The second-order valence-electron chi connectivity index (χ2n) is 3.75. The zero-order chi connectivity index (χ0) is 12.3. The molecule has 0 bridgehead atoms. The van der Waals surface area contributed by atoms with Crippen molar-refractivity contribution < 1.29 is 0 Å². The van der Waals surface area contributed by atoms with Crippen molar-refractivity contribution in [2.75, 3.05) is 5.73 Å². The van der Waals surface area contributed by atoms with Crippen molar-refractivity contribution in [3.05, 3.63) is 40.9 Å². The van der Waals surface area contributed by atoms with E-state index in [0.717, 1.165) is 12.0 Å². The summed E-state index contributed by atoms with van der Waals surface area (Å²) in [7, 11) is 0. The van der Waals surface area contributed by atoms with Crippen molar-refractivity contribution in [3.8, 4) is 11.3 Å². The first-order chi connectivity index (χ1) is 8.22. The summed E-state index contributed by atoms with van der Waals surface area (Å²) >= 11 is 0. The molecular weight excluding hydrogens is 216 g/mol. The smallest absolute Gasteiger partial charge is 0.289 e. The summed E-state index contributed by atoms with van der Waals surface area (Å²) in [5.74, 6) is 0. The van der Waals surface area contributed by atoms with Crippen LogP contribution in [0.1, 0.15) is 13.3 Å². The lowest BCUT2D eigenvalue weighted by Gasteiger charge is -2.07. The molecule has 0 spiro atoms. The van der Waals surface area contributed by atoms with Crippen molar-refractivity contribution in [1.82, 2.24) is 14.8 Å². The van der Waals surface area contributed by atoms with E-state index in [1.165, 1.54) is 4.68 Å². The van der Waals surface area contributed by atoms with Gasteiger partial charge in [0.25, 0.3) is 5.56 Å². The topological polar surface area (TPSA) is 73.8 Å². The normalized spacial score (nSPS) is 10.4. The molecule has 5 nitrogen and oxygen atoms in total. The van der Waals surface area contributed by atoms with Gasteiger partial charge in [-0.15, -0.1) is 0 Å². The molecule has 0 radical (unpaired) electrons. The molecule has 0 fully saturated rings. The first-order valence-corrected chi connectivity index (χ1v) is 5.50. The van der Waals surface area contributed by atoms with E-state index in [1.807, 2.05) is 19.1 Å². The van der Waals surface area contributed by atoms with Gasteiger partial charge in [-0.1, -0.05) is 6.92 Å². The number of rotatable bonds is 3. The lowest BCUT2D eigenvalue weighted by molar-refractivity contribution is 0.572. The molecule has 2 rings (SSSR count). The predicted molar refractivity (Wildman–Crippen MR) is 66.4 cm³/mol. The second kappa shape index (κ2) is 4.78. The quantitative estimate of drug-likeness (QED) is 0.862. The summed E-state index contributed by atoms with van der Waals surface area (Å²) < 4.78 is 1.41. The molecule has 88 valence electrons. The van der Waals surface area contributed by atoms with E-state index in [-0.39, 0.29) is 11.2 Å². The Morgan fingerprint density at radius 1 is 1.35 bits per heavy atom. The van der Waals surface area contributed by atoms with Gasteiger partial charge < -0.3 is 5.73 Å². The summed E-state index contributed by atoms with van der Waals surface area (Å²) in [6.07, 6.45) is 4.21. The highest BCUT2D eigenvalue weighted by Gasteiger charge is 2.06. The molecular formula is C12H14N4O. The third-order valence-corrected chi connectivity index (χ3v) is 2.41. The number of nitrogens with zero attached hydrogens (tertiary/aromatic N) is 3. The van der Waals surface area contributed by atoms with Crippen LogP contribution >= 0.6 is 0 Å². The van der Waals surface area contributed by atoms with Crippen molar-refractivity contribution in [3.63, 3.8) is 0 Å². The number of nitrogens with two attached hydrogens (primary N) is 1. The minimum atomic E-state index is -0.232. The average Bonchev–Trinajstić information content (AvgIpc) is 2.36. The highest BCUT2D eigenvalue weighted by Crippen LogP contribution is 2.15. The standard InChI is InChI=1S/C12H14N4O/c1-2-7-16-12(17)10(13)8-11(15-16)9-3-5-14-6-4-9/h3-6,8H,2,7,13H2,1H3. The Morgan fingerprint density at radius 3 is 2.71 bits per heavy atom. The Kier molecular flexibility index (Phi) is 3.18. The molecule has 0 aromatic carbocycles. The maximum Gasteiger partial charge on any atom is 0.289 e. The molecule has 0 unspecified atom stereocenters. The molecule has 0 saturated heterocycles. The van der Waals surface area contributed by atoms with Crippen LogP contribution in [0.3, 0.4) is 0 Å². The second-order valence-corrected chi connectivity index (χ2v) is 3.75. The van der Waals surface area contributed by atoms with Gasteiger partial charge in [0.15, 0.2) is 0 Å². The largest absolute Gasteiger partial charge is 0.394 e. The average molecular weight is 230 g/mol. The number of hydrogen-bond donors (Lipinski definition) is 1. The number of aryl methyl sites for hydroxylation is 1. The Labute approximate surface area is 98.9 Å². The molecule has 2 aromatic heterocycles. The van der Waals surface area contributed by atoms with E-state index >= 15 is 0 Å². The third-order valence-electron chi connectivity index (χ3n) is 2.41. The van der Waals surface area contributed by atoms with Crippen LogP contribution < -0.4 is 11.3 Å². The van der Waals surface area contributed by atoms with Gasteiger partial charge in [0.1, 0.15) is 5.69 Å². The van der Waals surface area contributed by atoms with Gasteiger partial charge in [-0.2, -0.15) is 5.10 Å². The molecule has 0 aliphatic carbocycles. The van der Waals surface area contributed by atoms with Crippen LogP contribution in [0.5, 0.6) is 0 Å². The Bertz CT molecular complexity index is 562. The minimum Gasteiger partial charge on any atom is -0.394 e. The van der Waals surface area contributed by atoms with Gasteiger partial charge >= 0.3 is 0 Å². The van der Waals surface area contributed by atoms with Gasteiger partial charge in [0, 0.05) is 24.5 Å². The molecule has 2 N–H and O–H groups in total. The van der Waals surface area contributed by atoms with Crippen LogP contribution in [-0.4, -0.2) is 14.8 Å². The molecule has 0 saturated carbocycles. The monoisotopic (exact) mass is 230 g/mol. The lowest BCUT2D eigenvalue weighted by atomic mass is 10.2. The van der Waals surface area contributed by atoms with E-state index in [4.69, 9.17) is 5.73 Å². The highest BCUT2D eigenvalue weighted by atomic mass is 16.1. The summed E-state index contributed by atoms with van der Waals surface area (Å²) in [6.45, 7) is 2.56.